The lowest BCUT2D eigenvalue weighted by Crippen LogP contribution is -2.48. The molecule has 8 nitrogen and oxygen atoms in total. The van der Waals surface area contributed by atoms with Crippen LogP contribution < -0.4 is 10.6 Å². The van der Waals surface area contributed by atoms with Crippen molar-refractivity contribution < 1.29 is 14.4 Å². The van der Waals surface area contributed by atoms with E-state index >= 15 is 0 Å². The van der Waals surface area contributed by atoms with E-state index in [1.54, 1.807) is 0 Å². The van der Waals surface area contributed by atoms with Gasteiger partial charge in [0.1, 0.15) is 5.76 Å². The number of nitrogens with zero attached hydrogens (tertiary/aromatic N) is 3. The Morgan fingerprint density at radius 1 is 1.30 bits per heavy atom. The lowest BCUT2D eigenvalue weighted by molar-refractivity contribution is -0.0179. The first kappa shape index (κ1) is 24.1. The number of rotatable bonds is 8. The van der Waals surface area contributed by atoms with Gasteiger partial charge >= 0.3 is 0 Å². The van der Waals surface area contributed by atoms with Crippen molar-refractivity contribution >= 4 is 29.9 Å². The largest absolute Gasteiger partial charge is 0.387 e. The number of aliphatic imine (C=N–C) groups is 1. The summed E-state index contributed by atoms with van der Waals surface area (Å²) in [7, 11) is 0. The van der Waals surface area contributed by atoms with Crippen LogP contribution in [0, 0.1) is 13.8 Å². The minimum atomic E-state index is -0.874. The number of aryl methyl sites for hydroxylation is 2. The van der Waals surface area contributed by atoms with E-state index in [2.05, 4.69) is 25.7 Å². The number of nitrogens with one attached hydrogen (secondary N) is 2. The van der Waals surface area contributed by atoms with E-state index in [0.717, 1.165) is 62.8 Å². The summed E-state index contributed by atoms with van der Waals surface area (Å²) in [6.45, 7) is 13.3. The van der Waals surface area contributed by atoms with Crippen LogP contribution in [0.15, 0.2) is 9.52 Å². The highest BCUT2D eigenvalue weighted by molar-refractivity contribution is 14.0. The molecule has 9 heteroatoms. The third-order valence-corrected chi connectivity index (χ3v) is 4.44. The molecule has 0 bridgehead atoms. The highest BCUT2D eigenvalue weighted by atomic mass is 127. The number of guanidine groups is 1. The van der Waals surface area contributed by atoms with E-state index in [-0.39, 0.29) is 24.0 Å². The molecule has 0 amide bonds. The first-order valence-electron chi connectivity index (χ1n) is 9.37. The van der Waals surface area contributed by atoms with Gasteiger partial charge in [0.2, 0.25) is 0 Å². The molecule has 0 radical (unpaired) electrons. The number of ether oxygens (including phenoxy) is 1. The normalized spacial score (nSPS) is 17.9. The summed E-state index contributed by atoms with van der Waals surface area (Å²) in [5, 5.41) is 21.2. The zero-order valence-electron chi connectivity index (χ0n) is 16.9. The van der Waals surface area contributed by atoms with E-state index in [9.17, 15) is 5.11 Å². The van der Waals surface area contributed by atoms with Crippen molar-refractivity contribution in [3.63, 3.8) is 0 Å². The lowest BCUT2D eigenvalue weighted by atomic mass is 10.1. The first-order chi connectivity index (χ1) is 12.4. The van der Waals surface area contributed by atoms with Gasteiger partial charge in [-0.15, -0.1) is 24.0 Å². The van der Waals surface area contributed by atoms with Crippen LogP contribution in [-0.4, -0.2) is 79.2 Å². The molecular weight excluding hydrogens is 461 g/mol. The lowest BCUT2D eigenvalue weighted by Gasteiger charge is -2.33. The maximum atomic E-state index is 10.7. The predicted octanol–water partition coefficient (Wildman–Crippen LogP) is 1.09. The van der Waals surface area contributed by atoms with Crippen LogP contribution in [0.25, 0.3) is 0 Å². The molecule has 2 heterocycles. The number of halogens is 1. The minimum Gasteiger partial charge on any atom is -0.387 e. The summed E-state index contributed by atoms with van der Waals surface area (Å²) < 4.78 is 10.5. The second-order valence-electron chi connectivity index (χ2n) is 7.06. The second-order valence-corrected chi connectivity index (χ2v) is 7.06. The zero-order valence-corrected chi connectivity index (χ0v) is 19.2. The fourth-order valence-electron chi connectivity index (χ4n) is 3.05. The van der Waals surface area contributed by atoms with Gasteiger partial charge in [-0.1, -0.05) is 5.16 Å². The summed E-state index contributed by atoms with van der Waals surface area (Å²) >= 11 is 0. The topological polar surface area (TPSA) is 95.2 Å². The summed E-state index contributed by atoms with van der Waals surface area (Å²) in [6.07, 6.45) is 0.815. The van der Waals surface area contributed by atoms with E-state index in [0.29, 0.717) is 19.0 Å². The molecule has 1 fully saturated rings. The zero-order chi connectivity index (χ0) is 19.0. The number of β-amino-alcohol motifs (C(OH)–C–C–N with tert-alkyl or cyclic N) is 1. The Balaban J connectivity index is 0.00000364. The van der Waals surface area contributed by atoms with Crippen LogP contribution in [0.1, 0.15) is 30.9 Å². The van der Waals surface area contributed by atoms with Gasteiger partial charge < -0.3 is 25.0 Å². The third-order valence-electron chi connectivity index (χ3n) is 4.44. The number of hydrogen-bond acceptors (Lipinski definition) is 6. The minimum absolute atomic E-state index is 0. The monoisotopic (exact) mass is 495 g/mol. The Hall–Kier alpha value is -0.910. The number of aliphatic hydroxyl groups is 1. The molecule has 1 aliphatic heterocycles. The van der Waals surface area contributed by atoms with Crippen LogP contribution in [0.2, 0.25) is 0 Å². The molecule has 2 rings (SSSR count). The van der Waals surface area contributed by atoms with Gasteiger partial charge in [-0.2, -0.15) is 0 Å². The molecule has 0 spiro atoms. The van der Waals surface area contributed by atoms with Crippen molar-refractivity contribution in [3.05, 3.63) is 17.0 Å². The fourth-order valence-corrected chi connectivity index (χ4v) is 3.05. The molecule has 1 atom stereocenters. The van der Waals surface area contributed by atoms with E-state index in [1.807, 2.05) is 27.7 Å². The van der Waals surface area contributed by atoms with Crippen LogP contribution in [0.3, 0.4) is 0 Å². The van der Waals surface area contributed by atoms with Crippen molar-refractivity contribution in [2.75, 3.05) is 52.5 Å². The van der Waals surface area contributed by atoms with Gasteiger partial charge in [0, 0.05) is 38.3 Å². The average Bonchev–Trinajstić information content (AvgIpc) is 2.92. The third kappa shape index (κ3) is 8.32. The van der Waals surface area contributed by atoms with Crippen LogP contribution in [-0.2, 0) is 11.2 Å². The Kier molecular flexibility index (Phi) is 10.6. The van der Waals surface area contributed by atoms with Crippen molar-refractivity contribution in [2.45, 2.75) is 39.7 Å². The van der Waals surface area contributed by atoms with Gasteiger partial charge in [0.05, 0.1) is 31.1 Å². The van der Waals surface area contributed by atoms with Gasteiger partial charge in [-0.05, 0) is 34.1 Å². The molecule has 0 aromatic carbocycles. The molecule has 1 unspecified atom stereocenters. The molecule has 1 aliphatic rings. The summed E-state index contributed by atoms with van der Waals surface area (Å²) in [5.41, 5.74) is 1.19. The Labute approximate surface area is 179 Å². The van der Waals surface area contributed by atoms with Crippen molar-refractivity contribution in [1.29, 1.82) is 0 Å². The quantitative estimate of drug-likeness (QED) is 0.283. The van der Waals surface area contributed by atoms with Gasteiger partial charge in [-0.3, -0.25) is 9.89 Å². The smallest absolute Gasteiger partial charge is 0.191 e. The van der Waals surface area contributed by atoms with Crippen LogP contribution >= 0.6 is 24.0 Å². The van der Waals surface area contributed by atoms with E-state index < -0.39 is 5.60 Å². The molecule has 0 saturated carbocycles. The predicted molar refractivity (Wildman–Crippen MR) is 117 cm³/mol. The molecular formula is C18H34IN5O3. The SMILES string of the molecule is CCNC(=NCC(C)(O)CN1CCOCC1)NCCc1c(C)noc1C.I. The van der Waals surface area contributed by atoms with E-state index in [1.165, 1.54) is 0 Å². The molecule has 0 aliphatic carbocycles. The highest BCUT2D eigenvalue weighted by Crippen LogP contribution is 2.12. The summed E-state index contributed by atoms with van der Waals surface area (Å²) in [4.78, 5) is 6.78. The van der Waals surface area contributed by atoms with Gasteiger partial charge in [0.15, 0.2) is 5.96 Å². The van der Waals surface area contributed by atoms with Gasteiger partial charge in [0.25, 0.3) is 0 Å². The van der Waals surface area contributed by atoms with Crippen molar-refractivity contribution in [3.8, 4) is 0 Å². The van der Waals surface area contributed by atoms with Crippen molar-refractivity contribution in [1.82, 2.24) is 20.7 Å². The number of morpholine rings is 1. The van der Waals surface area contributed by atoms with Crippen molar-refractivity contribution in [2.24, 2.45) is 4.99 Å². The molecule has 3 N–H and O–H groups in total. The Bertz CT molecular complexity index is 566. The van der Waals surface area contributed by atoms with Crippen LogP contribution in [0.5, 0.6) is 0 Å². The first-order valence-corrected chi connectivity index (χ1v) is 9.37. The molecule has 27 heavy (non-hydrogen) atoms. The second kappa shape index (κ2) is 11.8. The molecule has 1 aromatic rings. The molecule has 1 saturated heterocycles. The average molecular weight is 495 g/mol. The number of hydrogen-bond donors (Lipinski definition) is 3. The Morgan fingerprint density at radius 2 is 2.00 bits per heavy atom. The maximum Gasteiger partial charge on any atom is 0.191 e. The maximum absolute atomic E-state index is 10.7. The standard InChI is InChI=1S/C18H33N5O3.HI/c1-5-19-17(20-7-6-16-14(2)22-26-15(16)3)21-12-18(4,24)13-23-8-10-25-11-9-23;/h24H,5-13H2,1-4H3,(H2,19,20,21);1H. The number of aromatic nitrogens is 1. The molecule has 1 aromatic heterocycles. The van der Waals surface area contributed by atoms with Gasteiger partial charge in [-0.25, -0.2) is 0 Å². The fraction of sp³-hybridized carbons (Fsp3) is 0.778. The summed E-state index contributed by atoms with van der Waals surface area (Å²) in [5.74, 6) is 1.57. The van der Waals surface area contributed by atoms with E-state index in [4.69, 9.17) is 9.26 Å². The van der Waals surface area contributed by atoms with Crippen LogP contribution in [0.4, 0.5) is 0 Å². The highest BCUT2D eigenvalue weighted by Gasteiger charge is 2.25. The summed E-state index contributed by atoms with van der Waals surface area (Å²) in [6, 6.07) is 0. The Morgan fingerprint density at radius 3 is 2.59 bits per heavy atom. The molecule has 156 valence electrons.